The number of rotatable bonds is 3. The molecule has 0 N–H and O–H groups in total. The summed E-state index contributed by atoms with van der Waals surface area (Å²) < 4.78 is 26.6. The van der Waals surface area contributed by atoms with E-state index >= 15 is 0 Å². The first-order chi connectivity index (χ1) is 8.97. The zero-order valence-corrected chi connectivity index (χ0v) is 11.2. The van der Waals surface area contributed by atoms with Gasteiger partial charge in [0.15, 0.2) is 5.78 Å². The van der Waals surface area contributed by atoms with Crippen molar-refractivity contribution in [2.24, 2.45) is 0 Å². The number of carbonyl (C=O) groups is 1. The smallest absolute Gasteiger partial charge is 0.167 e. The maximum Gasteiger partial charge on any atom is 0.167 e. The second-order valence-corrected chi connectivity index (χ2v) is 5.15. The van der Waals surface area contributed by atoms with E-state index in [-0.39, 0.29) is 23.8 Å². The molecule has 0 aromatic heterocycles. The predicted molar refractivity (Wildman–Crippen MR) is 69.2 cm³/mol. The molecule has 0 bridgehead atoms. The van der Waals surface area contributed by atoms with E-state index in [1.54, 1.807) is 0 Å². The number of hydrogen-bond acceptors (Lipinski definition) is 3. The van der Waals surface area contributed by atoms with Crippen LogP contribution < -0.4 is 0 Å². The van der Waals surface area contributed by atoms with E-state index in [4.69, 9.17) is 0 Å². The van der Waals surface area contributed by atoms with Crippen molar-refractivity contribution < 1.29 is 13.6 Å². The number of halogens is 2. The molecule has 1 aliphatic rings. The van der Waals surface area contributed by atoms with Crippen LogP contribution in [0.5, 0.6) is 0 Å². The fourth-order valence-corrected chi connectivity index (χ4v) is 2.36. The summed E-state index contributed by atoms with van der Waals surface area (Å²) in [6.45, 7) is 2.59. The Morgan fingerprint density at radius 2 is 2.05 bits per heavy atom. The highest BCUT2D eigenvalue weighted by atomic mass is 19.1. The van der Waals surface area contributed by atoms with E-state index in [0.29, 0.717) is 0 Å². The van der Waals surface area contributed by atoms with Gasteiger partial charge in [0.25, 0.3) is 0 Å². The minimum atomic E-state index is -0.654. The Kier molecular flexibility index (Phi) is 4.27. The summed E-state index contributed by atoms with van der Waals surface area (Å²) in [5.74, 6) is -1.58. The number of nitrogens with zero attached hydrogens (tertiary/aromatic N) is 2. The van der Waals surface area contributed by atoms with Gasteiger partial charge in [-0.3, -0.25) is 4.79 Å². The Bertz CT molecular complexity index is 479. The van der Waals surface area contributed by atoms with Crippen LogP contribution in [0.2, 0.25) is 0 Å². The molecule has 1 aromatic carbocycles. The van der Waals surface area contributed by atoms with Gasteiger partial charge in [-0.15, -0.1) is 0 Å². The zero-order chi connectivity index (χ0) is 14.0. The maximum atomic E-state index is 13.5. The van der Waals surface area contributed by atoms with Crippen molar-refractivity contribution in [2.75, 3.05) is 33.7 Å². The topological polar surface area (TPSA) is 23.6 Å². The van der Waals surface area contributed by atoms with Gasteiger partial charge in [-0.2, -0.15) is 0 Å². The second-order valence-electron chi connectivity index (χ2n) is 5.15. The summed E-state index contributed by atoms with van der Waals surface area (Å²) in [6, 6.07) is 3.05. The summed E-state index contributed by atoms with van der Waals surface area (Å²) in [6.07, 6.45) is 0.210. The molecule has 3 nitrogen and oxygen atoms in total. The highest BCUT2D eigenvalue weighted by molar-refractivity contribution is 5.96. The molecule has 2 rings (SSSR count). The summed E-state index contributed by atoms with van der Waals surface area (Å²) in [5, 5.41) is 0. The molecule has 1 aliphatic heterocycles. The van der Waals surface area contributed by atoms with Crippen LogP contribution in [-0.4, -0.2) is 55.4 Å². The van der Waals surface area contributed by atoms with Gasteiger partial charge in [0.05, 0.1) is 5.56 Å². The number of piperazine rings is 1. The molecule has 19 heavy (non-hydrogen) atoms. The Labute approximate surface area is 111 Å². The Morgan fingerprint density at radius 3 is 2.79 bits per heavy atom. The Balaban J connectivity index is 2.10. The van der Waals surface area contributed by atoms with Gasteiger partial charge in [0, 0.05) is 32.1 Å². The van der Waals surface area contributed by atoms with Gasteiger partial charge < -0.3 is 9.80 Å². The van der Waals surface area contributed by atoms with Gasteiger partial charge in [0.2, 0.25) is 0 Å². The summed E-state index contributed by atoms with van der Waals surface area (Å²) in [5.41, 5.74) is -0.151. The van der Waals surface area contributed by atoms with Gasteiger partial charge >= 0.3 is 0 Å². The molecule has 0 radical (unpaired) electrons. The lowest BCUT2D eigenvalue weighted by molar-refractivity contribution is 0.0806. The molecule has 1 heterocycles. The third-order valence-corrected chi connectivity index (χ3v) is 3.63. The molecule has 0 saturated carbocycles. The number of carbonyl (C=O) groups excluding carboxylic acids is 1. The van der Waals surface area contributed by atoms with E-state index in [9.17, 15) is 13.6 Å². The average Bonchev–Trinajstić information content (AvgIpc) is 2.36. The van der Waals surface area contributed by atoms with E-state index in [2.05, 4.69) is 9.80 Å². The van der Waals surface area contributed by atoms with Crippen LogP contribution in [0.4, 0.5) is 8.78 Å². The number of likely N-dealkylation sites (N-methyl/N-ethyl adjacent to an activating group) is 2. The van der Waals surface area contributed by atoms with Gasteiger partial charge in [0.1, 0.15) is 11.6 Å². The highest BCUT2D eigenvalue weighted by Crippen LogP contribution is 2.16. The van der Waals surface area contributed by atoms with Crippen molar-refractivity contribution in [1.82, 2.24) is 9.80 Å². The molecular formula is C14H18F2N2O. The molecule has 1 fully saturated rings. The minimum Gasteiger partial charge on any atom is -0.304 e. The maximum absolute atomic E-state index is 13.5. The lowest BCUT2D eigenvalue weighted by atomic mass is 10.0. The molecule has 0 aliphatic carbocycles. The predicted octanol–water partition coefficient (Wildman–Crippen LogP) is 1.78. The molecule has 1 aromatic rings. The molecule has 1 saturated heterocycles. The van der Waals surface area contributed by atoms with Crippen LogP contribution in [0, 0.1) is 11.6 Å². The molecule has 104 valence electrons. The fraction of sp³-hybridized carbons (Fsp3) is 0.500. The van der Waals surface area contributed by atoms with Crippen molar-refractivity contribution in [3.8, 4) is 0 Å². The van der Waals surface area contributed by atoms with E-state index in [0.717, 1.165) is 37.8 Å². The average molecular weight is 268 g/mol. The molecule has 0 spiro atoms. The fourth-order valence-electron chi connectivity index (χ4n) is 2.36. The van der Waals surface area contributed by atoms with Crippen LogP contribution in [0.3, 0.4) is 0 Å². The van der Waals surface area contributed by atoms with Crippen molar-refractivity contribution in [1.29, 1.82) is 0 Å². The largest absolute Gasteiger partial charge is 0.304 e. The van der Waals surface area contributed by atoms with Crippen molar-refractivity contribution >= 4 is 5.78 Å². The lowest BCUT2D eigenvalue weighted by Crippen LogP contribution is -2.50. The SMILES string of the molecule is CN1CCN(C)C(CC(=O)c2cc(F)ccc2F)C1. The minimum absolute atomic E-state index is 0.0499. The number of Topliss-reactive ketones (excluding diaryl/α,β-unsaturated/α-hetero) is 1. The summed E-state index contributed by atoms with van der Waals surface area (Å²) in [7, 11) is 3.94. The molecule has 5 heteroatoms. The first-order valence-corrected chi connectivity index (χ1v) is 6.34. The molecule has 0 amide bonds. The van der Waals surface area contributed by atoms with E-state index in [1.165, 1.54) is 0 Å². The second kappa shape index (κ2) is 5.75. The van der Waals surface area contributed by atoms with Crippen molar-refractivity contribution in [2.45, 2.75) is 12.5 Å². The summed E-state index contributed by atoms with van der Waals surface area (Å²) in [4.78, 5) is 16.3. The standard InChI is InChI=1S/C14H18F2N2O/c1-17-5-6-18(2)11(9-17)8-14(19)12-7-10(15)3-4-13(12)16/h3-4,7,11H,5-6,8-9H2,1-2H3. The third-order valence-electron chi connectivity index (χ3n) is 3.63. The van der Waals surface area contributed by atoms with Crippen LogP contribution in [0.1, 0.15) is 16.8 Å². The number of ketones is 1. The zero-order valence-electron chi connectivity index (χ0n) is 11.2. The van der Waals surface area contributed by atoms with E-state index < -0.39 is 11.6 Å². The molecular weight excluding hydrogens is 250 g/mol. The van der Waals surface area contributed by atoms with Crippen molar-refractivity contribution in [3.63, 3.8) is 0 Å². The van der Waals surface area contributed by atoms with Crippen molar-refractivity contribution in [3.05, 3.63) is 35.4 Å². The van der Waals surface area contributed by atoms with Gasteiger partial charge in [-0.05, 0) is 32.3 Å². The normalized spacial score (nSPS) is 21.6. The van der Waals surface area contributed by atoms with Crippen LogP contribution >= 0.6 is 0 Å². The number of hydrogen-bond donors (Lipinski definition) is 0. The monoisotopic (exact) mass is 268 g/mol. The Morgan fingerprint density at radius 1 is 1.32 bits per heavy atom. The molecule has 1 atom stereocenters. The van der Waals surface area contributed by atoms with Crippen LogP contribution in [0.25, 0.3) is 0 Å². The van der Waals surface area contributed by atoms with Gasteiger partial charge in [-0.25, -0.2) is 8.78 Å². The van der Waals surface area contributed by atoms with Crippen LogP contribution in [0.15, 0.2) is 18.2 Å². The van der Waals surface area contributed by atoms with Gasteiger partial charge in [-0.1, -0.05) is 0 Å². The Hall–Kier alpha value is -1.33. The number of benzene rings is 1. The lowest BCUT2D eigenvalue weighted by Gasteiger charge is -2.37. The molecule has 1 unspecified atom stereocenters. The van der Waals surface area contributed by atoms with E-state index in [1.807, 2.05) is 14.1 Å². The first kappa shape index (κ1) is 14.1. The highest BCUT2D eigenvalue weighted by Gasteiger charge is 2.26. The first-order valence-electron chi connectivity index (χ1n) is 6.34. The van der Waals surface area contributed by atoms with Crippen LogP contribution in [-0.2, 0) is 0 Å². The third kappa shape index (κ3) is 3.36. The summed E-state index contributed by atoms with van der Waals surface area (Å²) >= 11 is 0. The quantitative estimate of drug-likeness (QED) is 0.781.